The maximum Gasteiger partial charge on any atom is 0.395 e. The van der Waals surface area contributed by atoms with Crippen molar-refractivity contribution in [3.63, 3.8) is 0 Å². The lowest BCUT2D eigenvalue weighted by Gasteiger charge is -1.97. The number of hydrogen-bond donors (Lipinski definition) is 3. The van der Waals surface area contributed by atoms with Gasteiger partial charge >= 0.3 is 11.2 Å². The molecule has 1 aromatic carbocycles. The number of nitrogens with zero attached hydrogens (tertiary/aromatic N) is 2. The summed E-state index contributed by atoms with van der Waals surface area (Å²) in [7, 11) is 0. The van der Waals surface area contributed by atoms with E-state index >= 15 is 0 Å². The summed E-state index contributed by atoms with van der Waals surface area (Å²) >= 11 is 3.39. The van der Waals surface area contributed by atoms with Crippen LogP contribution in [0.25, 0.3) is 23.1 Å². The Kier molecular flexibility index (Phi) is 3.70. The summed E-state index contributed by atoms with van der Waals surface area (Å²) in [6.07, 6.45) is 4.90. The van der Waals surface area contributed by atoms with Gasteiger partial charge < -0.3 is 15.1 Å². The molecule has 0 amide bonds. The van der Waals surface area contributed by atoms with E-state index in [1.165, 1.54) is 6.08 Å². The molecule has 0 atom stereocenters. The van der Waals surface area contributed by atoms with Gasteiger partial charge in [-0.3, -0.25) is 14.9 Å². The van der Waals surface area contributed by atoms with Crippen LogP contribution >= 0.6 is 15.9 Å². The smallest absolute Gasteiger partial charge is 0.395 e. The van der Waals surface area contributed by atoms with Crippen molar-refractivity contribution in [2.24, 2.45) is 0 Å². The second-order valence-corrected chi connectivity index (χ2v) is 5.56. The fourth-order valence-electron chi connectivity index (χ4n) is 2.14. The number of aromatic amines is 2. The molecule has 3 aromatic rings. The third-order valence-electron chi connectivity index (χ3n) is 3.17. The van der Waals surface area contributed by atoms with Crippen LogP contribution in [-0.2, 0) is 0 Å². The largest absolute Gasteiger partial charge is 0.488 e. The number of H-pyrrole nitrogens is 2. The first-order chi connectivity index (χ1) is 11.0. The molecule has 3 N–H and O–H groups in total. The molecule has 2 heterocycles. The van der Waals surface area contributed by atoms with E-state index in [2.05, 4.69) is 30.9 Å². The second-order valence-electron chi connectivity index (χ2n) is 4.65. The van der Waals surface area contributed by atoms with E-state index in [9.17, 15) is 20.0 Å². The predicted octanol–water partition coefficient (Wildman–Crippen LogP) is 2.80. The number of aromatic nitrogens is 3. The maximum absolute atomic E-state index is 11.6. The second kappa shape index (κ2) is 5.69. The van der Waals surface area contributed by atoms with Gasteiger partial charge in [0.15, 0.2) is 0 Å². The predicted molar refractivity (Wildman–Crippen MR) is 88.1 cm³/mol. The van der Waals surface area contributed by atoms with Gasteiger partial charge in [-0.1, -0.05) is 15.9 Å². The van der Waals surface area contributed by atoms with Gasteiger partial charge in [0.25, 0.3) is 5.88 Å². The Bertz CT molecular complexity index is 1010. The number of fused-ring (bicyclic) bond motifs is 1. The van der Waals surface area contributed by atoms with Crippen LogP contribution in [0.15, 0.2) is 33.7 Å². The molecule has 0 bridgehead atoms. The van der Waals surface area contributed by atoms with Crippen LogP contribution in [0, 0.1) is 10.1 Å². The molecule has 8 nitrogen and oxygen atoms in total. The van der Waals surface area contributed by atoms with E-state index in [4.69, 9.17) is 0 Å². The van der Waals surface area contributed by atoms with Gasteiger partial charge in [0.1, 0.15) is 5.82 Å². The monoisotopic (exact) mass is 376 g/mol. The van der Waals surface area contributed by atoms with Crippen LogP contribution in [-0.4, -0.2) is 25.0 Å². The first-order valence-electron chi connectivity index (χ1n) is 6.38. The summed E-state index contributed by atoms with van der Waals surface area (Å²) in [5.74, 6) is -0.900. The Hall–Kier alpha value is -2.94. The minimum Gasteiger partial charge on any atom is -0.488 e. The number of hydrogen-bond acceptors (Lipinski definition) is 5. The summed E-state index contributed by atoms with van der Waals surface area (Å²) in [5, 5.41) is 21.1. The lowest BCUT2D eigenvalue weighted by atomic mass is 10.1. The van der Waals surface area contributed by atoms with Crippen LogP contribution in [0.4, 0.5) is 5.69 Å². The molecule has 23 heavy (non-hydrogen) atoms. The van der Waals surface area contributed by atoms with Crippen molar-refractivity contribution in [1.29, 1.82) is 0 Å². The van der Waals surface area contributed by atoms with Crippen molar-refractivity contribution in [3.05, 3.63) is 60.7 Å². The van der Waals surface area contributed by atoms with E-state index in [0.717, 1.165) is 20.9 Å². The first-order valence-corrected chi connectivity index (χ1v) is 7.17. The molecular formula is C14H9BrN4O4. The van der Waals surface area contributed by atoms with E-state index in [-0.39, 0.29) is 5.82 Å². The van der Waals surface area contributed by atoms with Crippen LogP contribution < -0.4 is 5.56 Å². The van der Waals surface area contributed by atoms with Crippen molar-refractivity contribution >= 4 is 44.7 Å². The zero-order valence-electron chi connectivity index (χ0n) is 11.4. The third-order valence-corrected chi connectivity index (χ3v) is 3.67. The number of nitrogens with one attached hydrogen (secondary N) is 2. The Morgan fingerprint density at radius 2 is 2.13 bits per heavy atom. The average Bonchev–Trinajstić information content (AvgIpc) is 2.86. The van der Waals surface area contributed by atoms with Crippen molar-refractivity contribution in [2.75, 3.05) is 0 Å². The zero-order valence-corrected chi connectivity index (χ0v) is 13.0. The van der Waals surface area contributed by atoms with Crippen molar-refractivity contribution in [3.8, 4) is 5.88 Å². The zero-order chi connectivity index (χ0) is 16.6. The molecule has 2 aromatic heterocycles. The maximum atomic E-state index is 11.6. The SMILES string of the molecule is O=c1[nH]c(/C=C/c2c[nH]c3ccc(Br)cc23)nc(O)c1[N+](=O)[O-]. The van der Waals surface area contributed by atoms with Crippen molar-refractivity contribution in [2.45, 2.75) is 0 Å². The summed E-state index contributed by atoms with van der Waals surface area (Å²) in [5.41, 5.74) is -0.218. The first kappa shape index (κ1) is 15.0. The standard InChI is InChI=1S/C14H9BrN4O4/c15-8-2-3-10-9(5-8)7(6-16-10)1-4-11-17-13(20)12(19(22)23)14(21)18-11/h1-6,16H,(H2,17,18,20,21)/b4-1+. The van der Waals surface area contributed by atoms with E-state index in [0.29, 0.717) is 0 Å². The normalized spacial score (nSPS) is 11.3. The lowest BCUT2D eigenvalue weighted by molar-refractivity contribution is -0.387. The summed E-state index contributed by atoms with van der Waals surface area (Å²) < 4.78 is 0.916. The number of rotatable bonds is 3. The molecule has 3 rings (SSSR count). The minimum atomic E-state index is -1.01. The molecule has 0 saturated carbocycles. The Morgan fingerprint density at radius 3 is 2.83 bits per heavy atom. The summed E-state index contributed by atoms with van der Waals surface area (Å²) in [6, 6.07) is 5.74. The quantitative estimate of drug-likeness (QED) is 0.478. The fraction of sp³-hybridized carbons (Fsp3) is 0. The number of benzene rings is 1. The van der Waals surface area contributed by atoms with Crippen molar-refractivity contribution < 1.29 is 10.0 Å². The van der Waals surface area contributed by atoms with Gasteiger partial charge in [0.05, 0.1) is 4.92 Å². The highest BCUT2D eigenvalue weighted by molar-refractivity contribution is 9.10. The number of halogens is 1. The van der Waals surface area contributed by atoms with E-state index in [1.54, 1.807) is 12.3 Å². The summed E-state index contributed by atoms with van der Waals surface area (Å²) in [6.45, 7) is 0. The minimum absolute atomic E-state index is 0.0162. The lowest BCUT2D eigenvalue weighted by Crippen LogP contribution is -2.14. The Morgan fingerprint density at radius 1 is 1.35 bits per heavy atom. The van der Waals surface area contributed by atoms with Crippen LogP contribution in [0.2, 0.25) is 0 Å². The van der Waals surface area contributed by atoms with Gasteiger partial charge in [-0.05, 0) is 35.9 Å². The molecule has 0 aliphatic carbocycles. The number of aromatic hydroxyl groups is 1. The van der Waals surface area contributed by atoms with Gasteiger partial charge in [0, 0.05) is 21.6 Å². The summed E-state index contributed by atoms with van der Waals surface area (Å²) in [4.78, 5) is 30.2. The number of nitro groups is 1. The highest BCUT2D eigenvalue weighted by Gasteiger charge is 2.21. The Labute approximate surface area is 136 Å². The van der Waals surface area contributed by atoms with Gasteiger partial charge in [0.2, 0.25) is 0 Å². The molecule has 116 valence electrons. The molecule has 0 saturated heterocycles. The van der Waals surface area contributed by atoms with Crippen molar-refractivity contribution in [1.82, 2.24) is 15.0 Å². The van der Waals surface area contributed by atoms with Crippen LogP contribution in [0.3, 0.4) is 0 Å². The van der Waals surface area contributed by atoms with Gasteiger partial charge in [-0.15, -0.1) is 0 Å². The van der Waals surface area contributed by atoms with E-state index in [1.807, 2.05) is 18.2 Å². The average molecular weight is 377 g/mol. The van der Waals surface area contributed by atoms with Gasteiger partial charge in [-0.25, -0.2) is 0 Å². The molecular weight excluding hydrogens is 368 g/mol. The molecule has 9 heteroatoms. The van der Waals surface area contributed by atoms with Gasteiger partial charge in [-0.2, -0.15) is 4.98 Å². The Balaban J connectivity index is 2.01. The topological polar surface area (TPSA) is 125 Å². The fourth-order valence-corrected chi connectivity index (χ4v) is 2.50. The molecule has 0 radical (unpaired) electrons. The third kappa shape index (κ3) is 2.86. The highest BCUT2D eigenvalue weighted by Crippen LogP contribution is 2.24. The van der Waals surface area contributed by atoms with Crippen LogP contribution in [0.1, 0.15) is 11.4 Å². The molecule has 0 spiro atoms. The molecule has 0 aliphatic rings. The van der Waals surface area contributed by atoms with E-state index < -0.39 is 22.0 Å². The highest BCUT2D eigenvalue weighted by atomic mass is 79.9. The molecule has 0 aliphatic heterocycles. The molecule has 0 unspecified atom stereocenters. The molecule has 0 fully saturated rings. The van der Waals surface area contributed by atoms with Crippen LogP contribution in [0.5, 0.6) is 5.88 Å².